The molecule has 2 saturated heterocycles. The van der Waals surface area contributed by atoms with Crippen LogP contribution in [0, 0.1) is 11.8 Å². The molecule has 4 rings (SSSR count). The molecular weight excluding hydrogens is 292 g/mol. The molecule has 6 nitrogen and oxygen atoms in total. The summed E-state index contributed by atoms with van der Waals surface area (Å²) < 4.78 is 5.28. The van der Waals surface area contributed by atoms with Crippen molar-refractivity contribution < 1.29 is 9.32 Å². The van der Waals surface area contributed by atoms with Crippen LogP contribution in [0.25, 0.3) is 0 Å². The van der Waals surface area contributed by atoms with Crippen molar-refractivity contribution in [2.75, 3.05) is 32.7 Å². The Hall–Kier alpha value is -1.40. The van der Waals surface area contributed by atoms with E-state index in [9.17, 15) is 4.79 Å². The number of carbonyl (C=O) groups excluding carboxylic acids is 1. The lowest BCUT2D eigenvalue weighted by Gasteiger charge is -2.19. The van der Waals surface area contributed by atoms with Gasteiger partial charge in [0.2, 0.25) is 0 Å². The van der Waals surface area contributed by atoms with Gasteiger partial charge in [0.25, 0.3) is 5.91 Å². The summed E-state index contributed by atoms with van der Waals surface area (Å²) >= 11 is 0. The molecule has 0 aromatic carbocycles. The Bertz CT molecular complexity index is 563. The molecule has 0 radical (unpaired) electrons. The summed E-state index contributed by atoms with van der Waals surface area (Å²) in [5.74, 6) is 2.49. The van der Waals surface area contributed by atoms with Crippen LogP contribution in [-0.2, 0) is 0 Å². The Morgan fingerprint density at radius 2 is 2.30 bits per heavy atom. The number of hydrogen-bond donors (Lipinski definition) is 2. The number of rotatable bonds is 5. The molecule has 0 bridgehead atoms. The van der Waals surface area contributed by atoms with Gasteiger partial charge in [0, 0.05) is 37.7 Å². The lowest BCUT2D eigenvalue weighted by Crippen LogP contribution is -2.40. The summed E-state index contributed by atoms with van der Waals surface area (Å²) in [5.41, 5.74) is 0.428. The fourth-order valence-corrected chi connectivity index (χ4v) is 3.84. The number of nitrogens with zero attached hydrogens (tertiary/aromatic N) is 2. The molecule has 3 fully saturated rings. The standard InChI is InChI=1S/C17H26N4O2/c1-11-8-21(9-12-4-5-18-7-12)10-15(11)19-17(22)14-6-16(23-20-14)13-2-3-13/h6,11-13,15,18H,2-5,7-10H2,1H3,(H,19,22)/t11-,12?,15-/m0/s1. The van der Waals surface area contributed by atoms with Gasteiger partial charge in [-0.1, -0.05) is 12.1 Å². The van der Waals surface area contributed by atoms with Gasteiger partial charge in [-0.2, -0.15) is 0 Å². The minimum atomic E-state index is -0.0955. The van der Waals surface area contributed by atoms with Gasteiger partial charge in [0.15, 0.2) is 5.69 Å². The summed E-state index contributed by atoms with van der Waals surface area (Å²) in [5, 5.41) is 10.5. The number of nitrogens with one attached hydrogen (secondary N) is 2. The molecule has 3 atom stereocenters. The van der Waals surface area contributed by atoms with E-state index in [4.69, 9.17) is 4.52 Å². The molecule has 2 aliphatic heterocycles. The first-order chi connectivity index (χ1) is 11.2. The molecule has 1 unspecified atom stereocenters. The SMILES string of the molecule is C[C@H]1CN(CC2CCNC2)C[C@@H]1NC(=O)c1cc(C2CC2)on1. The van der Waals surface area contributed by atoms with Crippen molar-refractivity contribution in [1.29, 1.82) is 0 Å². The van der Waals surface area contributed by atoms with E-state index >= 15 is 0 Å². The van der Waals surface area contributed by atoms with Crippen LogP contribution < -0.4 is 10.6 Å². The van der Waals surface area contributed by atoms with Crippen molar-refractivity contribution in [3.8, 4) is 0 Å². The maximum absolute atomic E-state index is 12.4. The fourth-order valence-electron chi connectivity index (χ4n) is 3.84. The molecule has 1 amide bonds. The summed E-state index contributed by atoms with van der Waals surface area (Å²) in [7, 11) is 0. The molecule has 23 heavy (non-hydrogen) atoms. The van der Waals surface area contributed by atoms with Crippen molar-refractivity contribution in [1.82, 2.24) is 20.7 Å². The predicted molar refractivity (Wildman–Crippen MR) is 86.3 cm³/mol. The molecule has 3 heterocycles. The van der Waals surface area contributed by atoms with Crippen LogP contribution in [0.15, 0.2) is 10.6 Å². The van der Waals surface area contributed by atoms with Gasteiger partial charge in [0.1, 0.15) is 5.76 Å². The third kappa shape index (κ3) is 3.43. The van der Waals surface area contributed by atoms with Crippen LogP contribution in [0.1, 0.15) is 48.4 Å². The molecule has 2 N–H and O–H groups in total. The Morgan fingerprint density at radius 1 is 1.43 bits per heavy atom. The third-order valence-corrected chi connectivity index (χ3v) is 5.42. The zero-order valence-corrected chi connectivity index (χ0v) is 13.8. The van der Waals surface area contributed by atoms with E-state index in [0.29, 0.717) is 17.5 Å². The number of hydrogen-bond acceptors (Lipinski definition) is 5. The van der Waals surface area contributed by atoms with Crippen LogP contribution in [0.2, 0.25) is 0 Å². The van der Waals surface area contributed by atoms with Crippen molar-refractivity contribution in [3.63, 3.8) is 0 Å². The second-order valence-corrected chi connectivity index (χ2v) is 7.52. The minimum absolute atomic E-state index is 0.0955. The van der Waals surface area contributed by atoms with E-state index in [2.05, 4.69) is 27.6 Å². The zero-order valence-electron chi connectivity index (χ0n) is 13.8. The van der Waals surface area contributed by atoms with Crippen LogP contribution in [0.3, 0.4) is 0 Å². The van der Waals surface area contributed by atoms with Gasteiger partial charge < -0.3 is 20.1 Å². The van der Waals surface area contributed by atoms with Crippen molar-refractivity contribution in [2.45, 2.75) is 38.1 Å². The minimum Gasteiger partial charge on any atom is -0.360 e. The molecule has 126 valence electrons. The fraction of sp³-hybridized carbons (Fsp3) is 0.765. The highest BCUT2D eigenvalue weighted by molar-refractivity contribution is 5.92. The molecule has 1 aromatic rings. The zero-order chi connectivity index (χ0) is 15.8. The van der Waals surface area contributed by atoms with Crippen LogP contribution >= 0.6 is 0 Å². The smallest absolute Gasteiger partial charge is 0.273 e. The van der Waals surface area contributed by atoms with Crippen LogP contribution in [0.5, 0.6) is 0 Å². The molecule has 0 spiro atoms. The lowest BCUT2D eigenvalue weighted by molar-refractivity contribution is 0.0922. The maximum Gasteiger partial charge on any atom is 0.273 e. The highest BCUT2D eigenvalue weighted by Gasteiger charge is 2.34. The van der Waals surface area contributed by atoms with Gasteiger partial charge in [-0.3, -0.25) is 4.79 Å². The highest BCUT2D eigenvalue weighted by Crippen LogP contribution is 2.40. The average Bonchev–Trinajstić information content (AvgIpc) is 2.94. The predicted octanol–water partition coefficient (Wildman–Crippen LogP) is 1.21. The van der Waals surface area contributed by atoms with E-state index in [-0.39, 0.29) is 11.9 Å². The molecule has 1 saturated carbocycles. The van der Waals surface area contributed by atoms with Gasteiger partial charge in [-0.05, 0) is 44.2 Å². The van der Waals surface area contributed by atoms with E-state index in [1.165, 1.54) is 6.42 Å². The van der Waals surface area contributed by atoms with Gasteiger partial charge in [-0.25, -0.2) is 0 Å². The van der Waals surface area contributed by atoms with Crippen LogP contribution in [-0.4, -0.2) is 54.7 Å². The normalized spacial score (nSPS) is 31.6. The van der Waals surface area contributed by atoms with Crippen molar-refractivity contribution in [3.05, 3.63) is 17.5 Å². The first-order valence-electron chi connectivity index (χ1n) is 8.89. The van der Waals surface area contributed by atoms with E-state index < -0.39 is 0 Å². The Labute approximate surface area is 137 Å². The third-order valence-electron chi connectivity index (χ3n) is 5.42. The highest BCUT2D eigenvalue weighted by atomic mass is 16.5. The number of amides is 1. The molecular formula is C17H26N4O2. The molecule has 6 heteroatoms. The van der Waals surface area contributed by atoms with Crippen LogP contribution in [0.4, 0.5) is 0 Å². The Kier molecular flexibility index (Phi) is 4.11. The topological polar surface area (TPSA) is 70.4 Å². The van der Waals surface area contributed by atoms with Crippen molar-refractivity contribution in [2.24, 2.45) is 11.8 Å². The van der Waals surface area contributed by atoms with Gasteiger partial charge >= 0.3 is 0 Å². The second kappa shape index (κ2) is 6.24. The largest absolute Gasteiger partial charge is 0.360 e. The second-order valence-electron chi connectivity index (χ2n) is 7.52. The summed E-state index contributed by atoms with van der Waals surface area (Å²) in [4.78, 5) is 14.9. The lowest BCUT2D eigenvalue weighted by atomic mass is 10.1. The summed E-state index contributed by atoms with van der Waals surface area (Å²) in [6.45, 7) is 7.63. The average molecular weight is 318 g/mol. The molecule has 1 aromatic heterocycles. The summed E-state index contributed by atoms with van der Waals surface area (Å²) in [6, 6.07) is 2.02. The van der Waals surface area contributed by atoms with Gasteiger partial charge in [-0.15, -0.1) is 0 Å². The number of aromatic nitrogens is 1. The maximum atomic E-state index is 12.4. The van der Waals surface area contributed by atoms with E-state index in [1.54, 1.807) is 0 Å². The van der Waals surface area contributed by atoms with Crippen molar-refractivity contribution >= 4 is 5.91 Å². The monoisotopic (exact) mass is 318 g/mol. The Morgan fingerprint density at radius 3 is 3.04 bits per heavy atom. The van der Waals surface area contributed by atoms with E-state index in [0.717, 1.165) is 57.2 Å². The number of carbonyl (C=O) groups is 1. The summed E-state index contributed by atoms with van der Waals surface area (Å²) in [6.07, 6.45) is 3.58. The van der Waals surface area contributed by atoms with Gasteiger partial charge in [0.05, 0.1) is 0 Å². The molecule has 3 aliphatic rings. The van der Waals surface area contributed by atoms with E-state index in [1.807, 2.05) is 6.07 Å². The first kappa shape index (κ1) is 15.1. The molecule has 1 aliphatic carbocycles. The quantitative estimate of drug-likeness (QED) is 0.854. The number of likely N-dealkylation sites (tertiary alicyclic amines) is 1. The first-order valence-corrected chi connectivity index (χ1v) is 8.89. The Balaban J connectivity index is 1.31.